The highest BCUT2D eigenvalue weighted by atomic mass is 32.1. The van der Waals surface area contributed by atoms with Gasteiger partial charge in [0.1, 0.15) is 16.7 Å². The van der Waals surface area contributed by atoms with Gasteiger partial charge in [0.25, 0.3) is 5.91 Å². The summed E-state index contributed by atoms with van der Waals surface area (Å²) in [6, 6.07) is 10.2. The smallest absolute Gasteiger partial charge is 0.292 e. The number of hydrogen-bond donors (Lipinski definition) is 1. The van der Waals surface area contributed by atoms with E-state index in [1.165, 1.54) is 17.4 Å². The highest BCUT2D eigenvalue weighted by Crippen LogP contribution is 2.36. The molecule has 136 valence electrons. The van der Waals surface area contributed by atoms with Crippen molar-refractivity contribution >= 4 is 33.2 Å². The van der Waals surface area contributed by atoms with Crippen LogP contribution < -0.4 is 10.7 Å². The molecule has 6 nitrogen and oxygen atoms in total. The summed E-state index contributed by atoms with van der Waals surface area (Å²) in [6.07, 6.45) is 0.795. The fraction of sp³-hybridized carbons (Fsp3) is 0.250. The van der Waals surface area contributed by atoms with Gasteiger partial charge in [-0.2, -0.15) is 5.26 Å². The Balaban J connectivity index is 1.67. The summed E-state index contributed by atoms with van der Waals surface area (Å²) in [4.78, 5) is 28.3. The van der Waals surface area contributed by atoms with Crippen molar-refractivity contribution in [2.24, 2.45) is 0 Å². The topological polar surface area (TPSA) is 86.3 Å². The Labute approximate surface area is 159 Å². The first-order chi connectivity index (χ1) is 13.1. The number of likely N-dealkylation sites (N-methyl/N-ethyl adjacent to an activating group) is 1. The molecule has 0 unspecified atom stereocenters. The molecular formula is C20H17N3O3S. The Morgan fingerprint density at radius 1 is 1.41 bits per heavy atom. The van der Waals surface area contributed by atoms with Crippen LogP contribution in [0.5, 0.6) is 0 Å². The van der Waals surface area contributed by atoms with Gasteiger partial charge in [-0.05, 0) is 30.7 Å². The molecule has 1 aliphatic rings. The lowest BCUT2D eigenvalue weighted by Crippen LogP contribution is -2.29. The van der Waals surface area contributed by atoms with Crippen molar-refractivity contribution in [1.29, 1.82) is 5.26 Å². The zero-order chi connectivity index (χ0) is 19.0. The second-order valence-electron chi connectivity index (χ2n) is 6.36. The van der Waals surface area contributed by atoms with E-state index in [0.29, 0.717) is 21.5 Å². The van der Waals surface area contributed by atoms with Crippen LogP contribution in [-0.2, 0) is 13.0 Å². The van der Waals surface area contributed by atoms with Crippen LogP contribution in [0.3, 0.4) is 0 Å². The van der Waals surface area contributed by atoms with Gasteiger partial charge in [-0.15, -0.1) is 11.3 Å². The van der Waals surface area contributed by atoms with Crippen LogP contribution in [0.2, 0.25) is 0 Å². The maximum Gasteiger partial charge on any atom is 0.292 e. The lowest BCUT2D eigenvalue weighted by atomic mass is 10.0. The number of nitrogens with one attached hydrogen (secondary N) is 1. The molecule has 3 aromatic rings. The van der Waals surface area contributed by atoms with E-state index in [9.17, 15) is 14.9 Å². The number of carbonyl (C=O) groups excluding carboxylic acids is 1. The van der Waals surface area contributed by atoms with Gasteiger partial charge in [0.2, 0.25) is 0 Å². The third-order valence-electron chi connectivity index (χ3n) is 4.78. The third-order valence-corrected chi connectivity index (χ3v) is 5.91. The fourth-order valence-electron chi connectivity index (χ4n) is 3.31. The molecule has 1 aliphatic heterocycles. The Kier molecular flexibility index (Phi) is 4.52. The van der Waals surface area contributed by atoms with Gasteiger partial charge in [0.05, 0.1) is 10.9 Å². The molecule has 2 aromatic heterocycles. The minimum Gasteiger partial charge on any atom is -0.451 e. The van der Waals surface area contributed by atoms with Crippen molar-refractivity contribution in [3.8, 4) is 6.07 Å². The van der Waals surface area contributed by atoms with Gasteiger partial charge < -0.3 is 9.73 Å². The van der Waals surface area contributed by atoms with E-state index in [1.807, 2.05) is 0 Å². The van der Waals surface area contributed by atoms with E-state index >= 15 is 0 Å². The van der Waals surface area contributed by atoms with Crippen molar-refractivity contribution in [2.45, 2.75) is 19.9 Å². The maximum atomic E-state index is 12.7. The standard InChI is InChI=1S/C20H17N3O3S/c1-2-23-8-7-12-14(10-21)20(27-18(12)11-23)22-19(25)17-9-15(24)13-5-3-4-6-16(13)26-17/h3-6,9H,2,7-8,11H2,1H3,(H,22,25). The van der Waals surface area contributed by atoms with E-state index in [0.717, 1.165) is 36.5 Å². The van der Waals surface area contributed by atoms with Crippen molar-refractivity contribution in [2.75, 3.05) is 18.4 Å². The molecule has 0 saturated heterocycles. The molecule has 0 spiro atoms. The van der Waals surface area contributed by atoms with Crippen molar-refractivity contribution < 1.29 is 9.21 Å². The zero-order valence-corrected chi connectivity index (χ0v) is 15.6. The number of para-hydroxylation sites is 1. The normalized spacial score (nSPS) is 13.9. The molecule has 0 fully saturated rings. The SMILES string of the molecule is CCN1CCc2c(sc(NC(=O)c3cc(=O)c4ccccc4o3)c2C#N)C1. The molecule has 0 radical (unpaired) electrons. The van der Waals surface area contributed by atoms with Gasteiger partial charge in [-0.25, -0.2) is 0 Å². The first kappa shape index (κ1) is 17.5. The fourth-order valence-corrected chi connectivity index (χ4v) is 4.55. The molecule has 4 rings (SSSR count). The van der Waals surface area contributed by atoms with Crippen LogP contribution in [0.25, 0.3) is 11.0 Å². The summed E-state index contributed by atoms with van der Waals surface area (Å²) >= 11 is 1.42. The van der Waals surface area contributed by atoms with Crippen molar-refractivity contribution in [1.82, 2.24) is 4.90 Å². The van der Waals surface area contributed by atoms with E-state index in [-0.39, 0.29) is 11.2 Å². The lowest BCUT2D eigenvalue weighted by molar-refractivity contribution is 0.0997. The molecule has 7 heteroatoms. The number of nitrogens with zero attached hydrogens (tertiary/aromatic N) is 2. The number of anilines is 1. The summed E-state index contributed by atoms with van der Waals surface area (Å²) in [5.41, 5.74) is 1.62. The monoisotopic (exact) mass is 379 g/mol. The molecule has 1 amide bonds. The quantitative estimate of drug-likeness (QED) is 0.754. The summed E-state index contributed by atoms with van der Waals surface area (Å²) in [7, 11) is 0. The number of nitriles is 1. The molecule has 0 bridgehead atoms. The Hall–Kier alpha value is -2.95. The zero-order valence-electron chi connectivity index (χ0n) is 14.7. The number of carbonyl (C=O) groups is 1. The van der Waals surface area contributed by atoms with E-state index in [2.05, 4.69) is 23.2 Å². The Morgan fingerprint density at radius 2 is 2.22 bits per heavy atom. The van der Waals surface area contributed by atoms with Gasteiger partial charge in [0.15, 0.2) is 11.2 Å². The van der Waals surface area contributed by atoms with E-state index < -0.39 is 5.91 Å². The molecule has 1 aromatic carbocycles. The largest absolute Gasteiger partial charge is 0.451 e. The van der Waals surface area contributed by atoms with Crippen LogP contribution in [0.1, 0.15) is 33.5 Å². The number of amides is 1. The van der Waals surface area contributed by atoms with Crippen molar-refractivity contribution in [3.63, 3.8) is 0 Å². The van der Waals surface area contributed by atoms with Crippen LogP contribution >= 0.6 is 11.3 Å². The van der Waals surface area contributed by atoms with Gasteiger partial charge >= 0.3 is 0 Å². The van der Waals surface area contributed by atoms with Crippen LogP contribution in [0, 0.1) is 11.3 Å². The molecule has 3 heterocycles. The summed E-state index contributed by atoms with van der Waals surface area (Å²) < 4.78 is 5.59. The second kappa shape index (κ2) is 6.99. The van der Waals surface area contributed by atoms with E-state index in [1.54, 1.807) is 24.3 Å². The van der Waals surface area contributed by atoms with Crippen LogP contribution in [-0.4, -0.2) is 23.9 Å². The first-order valence-corrected chi connectivity index (χ1v) is 9.53. The maximum absolute atomic E-state index is 12.7. The molecule has 0 saturated carbocycles. The molecule has 0 atom stereocenters. The average molecular weight is 379 g/mol. The molecule has 0 aliphatic carbocycles. The highest BCUT2D eigenvalue weighted by Gasteiger charge is 2.25. The van der Waals surface area contributed by atoms with E-state index in [4.69, 9.17) is 4.42 Å². The summed E-state index contributed by atoms with van der Waals surface area (Å²) in [6.45, 7) is 4.74. The highest BCUT2D eigenvalue weighted by molar-refractivity contribution is 7.16. The predicted molar refractivity (Wildman–Crippen MR) is 104 cm³/mol. The number of benzene rings is 1. The number of thiophene rings is 1. The molecular weight excluding hydrogens is 362 g/mol. The number of fused-ring (bicyclic) bond motifs is 2. The van der Waals surface area contributed by atoms with Gasteiger partial charge in [-0.3, -0.25) is 14.5 Å². The minimum atomic E-state index is -0.528. The lowest BCUT2D eigenvalue weighted by Gasteiger charge is -2.24. The average Bonchev–Trinajstić information content (AvgIpc) is 3.03. The van der Waals surface area contributed by atoms with Crippen LogP contribution in [0.4, 0.5) is 5.00 Å². The minimum absolute atomic E-state index is 0.0656. The predicted octanol–water partition coefficient (Wildman–Crippen LogP) is 3.36. The number of rotatable bonds is 3. The second-order valence-corrected chi connectivity index (χ2v) is 7.47. The van der Waals surface area contributed by atoms with Gasteiger partial charge in [-0.1, -0.05) is 19.1 Å². The third kappa shape index (κ3) is 3.14. The molecule has 1 N–H and O–H groups in total. The van der Waals surface area contributed by atoms with Gasteiger partial charge in [0, 0.05) is 24.0 Å². The summed E-state index contributed by atoms with van der Waals surface area (Å²) in [5, 5.41) is 13.3. The summed E-state index contributed by atoms with van der Waals surface area (Å²) in [5.74, 6) is -0.593. The van der Waals surface area contributed by atoms with Crippen molar-refractivity contribution in [3.05, 3.63) is 62.3 Å². The first-order valence-electron chi connectivity index (χ1n) is 8.72. The Morgan fingerprint density at radius 3 is 3.00 bits per heavy atom. The number of hydrogen-bond acceptors (Lipinski definition) is 6. The molecule has 27 heavy (non-hydrogen) atoms. The Bertz CT molecular complexity index is 1140. The van der Waals surface area contributed by atoms with Crippen LogP contribution in [0.15, 0.2) is 39.5 Å².